The topological polar surface area (TPSA) is 52.7 Å². The predicted octanol–water partition coefficient (Wildman–Crippen LogP) is 3.19. The Labute approximate surface area is 163 Å². The van der Waals surface area contributed by atoms with Gasteiger partial charge >= 0.3 is 0 Å². The van der Waals surface area contributed by atoms with Gasteiger partial charge in [0.1, 0.15) is 11.6 Å². The van der Waals surface area contributed by atoms with Crippen LogP contribution >= 0.6 is 11.6 Å². The molecule has 0 radical (unpaired) electrons. The van der Waals surface area contributed by atoms with E-state index in [9.17, 15) is 17.2 Å². The molecule has 0 saturated carbocycles. The van der Waals surface area contributed by atoms with E-state index >= 15 is 0 Å². The monoisotopic (exact) mass is 417 g/mol. The van der Waals surface area contributed by atoms with Gasteiger partial charge in [0, 0.05) is 36.8 Å². The van der Waals surface area contributed by atoms with Crippen LogP contribution < -0.4 is 4.72 Å². The molecule has 2 aromatic carbocycles. The Bertz CT molecular complexity index is 856. The first-order valence-electron chi connectivity index (χ1n) is 8.17. The average molecular weight is 418 g/mol. The molecule has 1 atom stereocenters. The molecule has 0 fully saturated rings. The van der Waals surface area contributed by atoms with Crippen LogP contribution in [0.1, 0.15) is 17.2 Å². The molecule has 0 bridgehead atoms. The van der Waals surface area contributed by atoms with Crippen molar-refractivity contribution in [2.24, 2.45) is 0 Å². The second-order valence-corrected chi connectivity index (χ2v) is 8.61. The Morgan fingerprint density at radius 2 is 1.70 bits per heavy atom. The molecular weight excluding hydrogens is 396 g/mol. The lowest BCUT2D eigenvalue weighted by atomic mass is 10.1. The summed E-state index contributed by atoms with van der Waals surface area (Å²) in [4.78, 5) is 1.82. The first kappa shape index (κ1) is 21.7. The number of halogens is 3. The van der Waals surface area contributed by atoms with Crippen LogP contribution in [-0.2, 0) is 16.8 Å². The molecule has 0 spiro atoms. The van der Waals surface area contributed by atoms with Gasteiger partial charge in [-0.1, -0.05) is 29.8 Å². The van der Waals surface area contributed by atoms with E-state index in [0.717, 1.165) is 9.87 Å². The van der Waals surface area contributed by atoms with Crippen molar-refractivity contribution in [1.82, 2.24) is 13.9 Å². The van der Waals surface area contributed by atoms with Gasteiger partial charge in [-0.15, -0.1) is 0 Å². The summed E-state index contributed by atoms with van der Waals surface area (Å²) in [6.07, 6.45) is 0. The van der Waals surface area contributed by atoms with Gasteiger partial charge in [-0.25, -0.2) is 13.5 Å². The van der Waals surface area contributed by atoms with E-state index in [4.69, 9.17) is 11.6 Å². The van der Waals surface area contributed by atoms with E-state index in [1.807, 2.05) is 4.90 Å². The molecular formula is C18H22ClF2N3O2S. The fourth-order valence-electron chi connectivity index (χ4n) is 2.57. The van der Waals surface area contributed by atoms with Crippen molar-refractivity contribution in [3.8, 4) is 0 Å². The molecule has 0 aliphatic heterocycles. The third-order valence-electron chi connectivity index (χ3n) is 4.19. The van der Waals surface area contributed by atoms with E-state index in [1.165, 1.54) is 37.4 Å². The molecule has 5 nitrogen and oxygen atoms in total. The van der Waals surface area contributed by atoms with Gasteiger partial charge in [-0.3, -0.25) is 0 Å². The van der Waals surface area contributed by atoms with Gasteiger partial charge in [-0.05, 0) is 43.9 Å². The Morgan fingerprint density at radius 1 is 1.07 bits per heavy atom. The highest BCUT2D eigenvalue weighted by Crippen LogP contribution is 2.22. The maximum Gasteiger partial charge on any atom is 0.279 e. The maximum atomic E-state index is 13.9. The number of nitrogens with zero attached hydrogens (tertiary/aromatic N) is 2. The Hall–Kier alpha value is -1.58. The van der Waals surface area contributed by atoms with Crippen molar-refractivity contribution in [2.75, 3.05) is 27.7 Å². The van der Waals surface area contributed by atoms with Crippen LogP contribution in [0.5, 0.6) is 0 Å². The molecule has 9 heteroatoms. The number of likely N-dealkylation sites (N-methyl/N-ethyl adjacent to an activating group) is 1. The Kier molecular flexibility index (Phi) is 7.30. The zero-order valence-corrected chi connectivity index (χ0v) is 16.9. The van der Waals surface area contributed by atoms with Crippen molar-refractivity contribution in [3.63, 3.8) is 0 Å². The minimum Gasteiger partial charge on any atom is -0.301 e. The second-order valence-electron chi connectivity index (χ2n) is 6.34. The molecule has 0 amide bonds. The van der Waals surface area contributed by atoms with Crippen molar-refractivity contribution in [2.45, 2.75) is 12.6 Å². The minimum atomic E-state index is -3.88. The largest absolute Gasteiger partial charge is 0.301 e. The van der Waals surface area contributed by atoms with E-state index in [2.05, 4.69) is 4.72 Å². The predicted molar refractivity (Wildman–Crippen MR) is 103 cm³/mol. The molecule has 0 aromatic heterocycles. The van der Waals surface area contributed by atoms with Crippen molar-refractivity contribution in [1.29, 1.82) is 0 Å². The minimum absolute atomic E-state index is 0.0658. The number of nitrogens with one attached hydrogen (secondary N) is 1. The lowest BCUT2D eigenvalue weighted by Crippen LogP contribution is -2.42. The van der Waals surface area contributed by atoms with Crippen LogP contribution in [0.3, 0.4) is 0 Å². The molecule has 0 aliphatic carbocycles. The average Bonchev–Trinajstić information content (AvgIpc) is 2.59. The zero-order chi connectivity index (χ0) is 20.2. The van der Waals surface area contributed by atoms with Gasteiger partial charge in [0.05, 0.1) is 0 Å². The number of hydrogen-bond donors (Lipinski definition) is 1. The van der Waals surface area contributed by atoms with Crippen LogP contribution in [0.25, 0.3) is 0 Å². The highest BCUT2D eigenvalue weighted by Gasteiger charge is 2.23. The van der Waals surface area contributed by atoms with E-state index < -0.39 is 16.0 Å². The molecule has 27 heavy (non-hydrogen) atoms. The summed E-state index contributed by atoms with van der Waals surface area (Å²) >= 11 is 5.97. The van der Waals surface area contributed by atoms with Crippen LogP contribution in [0, 0.1) is 11.6 Å². The first-order chi connectivity index (χ1) is 12.6. The quantitative estimate of drug-likeness (QED) is 0.717. The molecule has 2 aromatic rings. The van der Waals surface area contributed by atoms with Crippen molar-refractivity contribution < 1.29 is 17.2 Å². The van der Waals surface area contributed by atoms with Crippen LogP contribution in [0.15, 0.2) is 42.5 Å². The molecule has 0 saturated heterocycles. The fraction of sp³-hybridized carbons (Fsp3) is 0.333. The van der Waals surface area contributed by atoms with Gasteiger partial charge < -0.3 is 4.90 Å². The molecule has 148 valence electrons. The summed E-state index contributed by atoms with van der Waals surface area (Å²) in [6.45, 7) is -0.139. The van der Waals surface area contributed by atoms with E-state index in [-0.39, 0.29) is 35.5 Å². The summed E-state index contributed by atoms with van der Waals surface area (Å²) in [5.74, 6) is -0.930. The molecule has 1 N–H and O–H groups in total. The number of benzene rings is 2. The summed E-state index contributed by atoms with van der Waals surface area (Å²) in [5, 5.41) is 0.162. The second kappa shape index (κ2) is 9.07. The molecule has 0 aliphatic rings. The Morgan fingerprint density at radius 3 is 2.26 bits per heavy atom. The third kappa shape index (κ3) is 5.70. The highest BCUT2D eigenvalue weighted by molar-refractivity contribution is 7.87. The van der Waals surface area contributed by atoms with Gasteiger partial charge in [0.15, 0.2) is 0 Å². The number of rotatable bonds is 8. The summed E-state index contributed by atoms with van der Waals surface area (Å²) in [7, 11) is 1.06. The molecule has 1 unspecified atom stereocenters. The summed E-state index contributed by atoms with van der Waals surface area (Å²) in [6, 6.07) is 9.76. The van der Waals surface area contributed by atoms with Crippen molar-refractivity contribution >= 4 is 21.8 Å². The van der Waals surface area contributed by atoms with Crippen LogP contribution in [0.4, 0.5) is 8.78 Å². The van der Waals surface area contributed by atoms with Crippen molar-refractivity contribution in [3.05, 3.63) is 70.2 Å². The molecule has 2 rings (SSSR count). The van der Waals surface area contributed by atoms with Gasteiger partial charge in [0.2, 0.25) is 0 Å². The first-order valence-corrected chi connectivity index (χ1v) is 9.99. The summed E-state index contributed by atoms with van der Waals surface area (Å²) in [5.41, 5.74) is 0.874. The lowest BCUT2D eigenvalue weighted by Gasteiger charge is -2.26. The number of hydrogen-bond acceptors (Lipinski definition) is 3. The third-order valence-corrected chi connectivity index (χ3v) is 6.03. The van der Waals surface area contributed by atoms with Gasteiger partial charge in [-0.2, -0.15) is 12.7 Å². The Balaban J connectivity index is 2.10. The van der Waals surface area contributed by atoms with Gasteiger partial charge in [0.25, 0.3) is 10.2 Å². The normalized spacial score (nSPS) is 13.3. The maximum absolute atomic E-state index is 13.9. The molecule has 0 heterocycles. The SMILES string of the molecule is CN(C)C(CNS(=O)(=O)N(C)Cc1c(F)cccc1Cl)c1ccc(F)cc1. The standard InChI is InChI=1S/C18H22ClF2N3O2S/c1-23(2)18(13-7-9-14(20)10-8-13)11-22-27(25,26)24(3)12-15-16(19)5-4-6-17(15)21/h4-10,18,22H,11-12H2,1-3H3. The van der Waals surface area contributed by atoms with Crippen LogP contribution in [0.2, 0.25) is 5.02 Å². The zero-order valence-electron chi connectivity index (χ0n) is 15.3. The highest BCUT2D eigenvalue weighted by atomic mass is 35.5. The lowest BCUT2D eigenvalue weighted by molar-refractivity contribution is 0.297. The summed E-state index contributed by atoms with van der Waals surface area (Å²) < 4.78 is 55.6. The van der Waals surface area contributed by atoms with E-state index in [0.29, 0.717) is 0 Å². The smallest absolute Gasteiger partial charge is 0.279 e. The fourth-order valence-corrected chi connectivity index (χ4v) is 3.68. The van der Waals surface area contributed by atoms with Crippen LogP contribution in [-0.4, -0.2) is 45.3 Å². The van der Waals surface area contributed by atoms with E-state index in [1.54, 1.807) is 26.2 Å².